The standard InChI is InChI=1S/C17H16F3NO6S/c1-3-26-16(22)14-10-13(8-9-15(14)27-17(18,19)20)28(23,24)21-11-4-6-12(25-2)7-5-11/h4-10,21H,3H2,1-2H3. The van der Waals surface area contributed by atoms with Crippen LogP contribution >= 0.6 is 0 Å². The Balaban J connectivity index is 2.39. The molecular weight excluding hydrogens is 403 g/mol. The average Bonchev–Trinajstić information content (AvgIpc) is 2.61. The normalized spacial score (nSPS) is 11.6. The molecule has 2 aromatic rings. The lowest BCUT2D eigenvalue weighted by Gasteiger charge is -2.14. The molecule has 0 aliphatic carbocycles. The summed E-state index contributed by atoms with van der Waals surface area (Å²) in [5.41, 5.74) is -0.481. The van der Waals surface area contributed by atoms with E-state index in [1.54, 1.807) is 0 Å². The van der Waals surface area contributed by atoms with Gasteiger partial charge in [0.1, 0.15) is 17.1 Å². The number of methoxy groups -OCH3 is 1. The molecule has 0 aromatic heterocycles. The maximum absolute atomic E-state index is 12.5. The van der Waals surface area contributed by atoms with E-state index in [2.05, 4.69) is 14.2 Å². The molecule has 7 nitrogen and oxygen atoms in total. The van der Waals surface area contributed by atoms with Crippen molar-refractivity contribution in [2.24, 2.45) is 0 Å². The lowest BCUT2D eigenvalue weighted by atomic mass is 10.2. The molecule has 1 N–H and O–H groups in total. The molecule has 0 amide bonds. The number of esters is 1. The second kappa shape index (κ2) is 8.38. The average molecular weight is 419 g/mol. The van der Waals surface area contributed by atoms with Gasteiger partial charge in [-0.05, 0) is 49.4 Å². The van der Waals surface area contributed by atoms with Gasteiger partial charge < -0.3 is 14.2 Å². The maximum Gasteiger partial charge on any atom is 0.573 e. The van der Waals surface area contributed by atoms with E-state index < -0.39 is 38.6 Å². The number of hydrogen-bond acceptors (Lipinski definition) is 6. The molecule has 11 heteroatoms. The van der Waals surface area contributed by atoms with Crippen molar-refractivity contribution in [1.29, 1.82) is 0 Å². The first-order valence-electron chi connectivity index (χ1n) is 7.79. The van der Waals surface area contributed by atoms with Crippen LogP contribution in [0.1, 0.15) is 17.3 Å². The van der Waals surface area contributed by atoms with E-state index in [-0.39, 0.29) is 12.3 Å². The Morgan fingerprint density at radius 3 is 2.29 bits per heavy atom. The van der Waals surface area contributed by atoms with Crippen molar-refractivity contribution in [2.75, 3.05) is 18.4 Å². The lowest BCUT2D eigenvalue weighted by molar-refractivity contribution is -0.274. The van der Waals surface area contributed by atoms with Gasteiger partial charge in [0, 0.05) is 5.69 Å². The predicted octanol–water partition coefficient (Wildman–Crippen LogP) is 3.57. The topological polar surface area (TPSA) is 90.9 Å². The van der Waals surface area contributed by atoms with Crippen LogP contribution in [0.4, 0.5) is 18.9 Å². The summed E-state index contributed by atoms with van der Waals surface area (Å²) in [4.78, 5) is 11.5. The van der Waals surface area contributed by atoms with E-state index in [0.29, 0.717) is 5.75 Å². The SMILES string of the molecule is CCOC(=O)c1cc(S(=O)(=O)Nc2ccc(OC)cc2)ccc1OC(F)(F)F. The number of rotatable bonds is 7. The highest BCUT2D eigenvalue weighted by atomic mass is 32.2. The van der Waals surface area contributed by atoms with Crippen molar-refractivity contribution in [1.82, 2.24) is 0 Å². The number of sulfonamides is 1. The Hall–Kier alpha value is -2.95. The van der Waals surface area contributed by atoms with E-state index in [1.165, 1.54) is 38.3 Å². The van der Waals surface area contributed by atoms with Crippen molar-refractivity contribution in [3.05, 3.63) is 48.0 Å². The molecule has 2 rings (SSSR count). The molecule has 28 heavy (non-hydrogen) atoms. The van der Waals surface area contributed by atoms with Crippen molar-refractivity contribution >= 4 is 21.7 Å². The Labute approximate surface area is 159 Å². The lowest BCUT2D eigenvalue weighted by Crippen LogP contribution is -2.20. The number of anilines is 1. The summed E-state index contributed by atoms with van der Waals surface area (Å²) < 4.78 is 78.4. The maximum atomic E-state index is 12.5. The minimum atomic E-state index is -5.07. The molecule has 152 valence electrons. The number of benzene rings is 2. The highest BCUT2D eigenvalue weighted by Crippen LogP contribution is 2.30. The van der Waals surface area contributed by atoms with Crippen LogP contribution in [0, 0.1) is 0 Å². The molecule has 2 aromatic carbocycles. The van der Waals surface area contributed by atoms with E-state index in [4.69, 9.17) is 4.74 Å². The molecule has 0 radical (unpaired) electrons. The smallest absolute Gasteiger partial charge is 0.497 e. The van der Waals surface area contributed by atoms with Gasteiger partial charge in [-0.2, -0.15) is 0 Å². The molecule has 0 unspecified atom stereocenters. The number of nitrogens with one attached hydrogen (secondary N) is 1. The third-order valence-electron chi connectivity index (χ3n) is 3.32. The molecule has 0 aliphatic heterocycles. The zero-order valence-electron chi connectivity index (χ0n) is 14.7. The summed E-state index contributed by atoms with van der Waals surface area (Å²) in [6, 6.07) is 8.28. The second-order valence-electron chi connectivity index (χ2n) is 5.26. The Bertz CT molecular complexity index is 942. The zero-order valence-corrected chi connectivity index (χ0v) is 15.6. The molecule has 0 bridgehead atoms. The van der Waals surface area contributed by atoms with E-state index in [0.717, 1.165) is 18.2 Å². The van der Waals surface area contributed by atoms with E-state index in [1.807, 2.05) is 0 Å². The third-order valence-corrected chi connectivity index (χ3v) is 4.70. The summed E-state index contributed by atoms with van der Waals surface area (Å²) >= 11 is 0. The van der Waals surface area contributed by atoms with Crippen LogP contribution in [-0.4, -0.2) is 34.5 Å². The third kappa shape index (κ3) is 5.52. The first-order valence-corrected chi connectivity index (χ1v) is 9.28. The largest absolute Gasteiger partial charge is 0.573 e. The van der Waals surface area contributed by atoms with Gasteiger partial charge in [0.25, 0.3) is 10.0 Å². The van der Waals surface area contributed by atoms with Crippen LogP contribution in [-0.2, 0) is 14.8 Å². The summed E-state index contributed by atoms with van der Waals surface area (Å²) in [6.45, 7) is 1.33. The minimum Gasteiger partial charge on any atom is -0.497 e. The van der Waals surface area contributed by atoms with Gasteiger partial charge in [0.05, 0.1) is 18.6 Å². The minimum absolute atomic E-state index is 0.120. The van der Waals surface area contributed by atoms with Crippen LogP contribution in [0.2, 0.25) is 0 Å². The van der Waals surface area contributed by atoms with E-state index >= 15 is 0 Å². The first kappa shape index (κ1) is 21.4. The van der Waals surface area contributed by atoms with Gasteiger partial charge in [-0.15, -0.1) is 13.2 Å². The number of halogens is 3. The fourth-order valence-electron chi connectivity index (χ4n) is 2.13. The monoisotopic (exact) mass is 419 g/mol. The summed E-state index contributed by atoms with van der Waals surface area (Å²) in [5.74, 6) is -1.52. The van der Waals surface area contributed by atoms with Gasteiger partial charge in [-0.25, -0.2) is 13.2 Å². The molecule has 0 aliphatic rings. The molecule has 0 saturated carbocycles. The number of carbonyl (C=O) groups is 1. The van der Waals surface area contributed by atoms with Crippen molar-refractivity contribution in [3.8, 4) is 11.5 Å². The van der Waals surface area contributed by atoms with Crippen molar-refractivity contribution < 1.29 is 40.6 Å². The highest BCUT2D eigenvalue weighted by molar-refractivity contribution is 7.92. The van der Waals surface area contributed by atoms with Crippen LogP contribution in [0.3, 0.4) is 0 Å². The van der Waals surface area contributed by atoms with Crippen molar-refractivity contribution in [3.63, 3.8) is 0 Å². The van der Waals surface area contributed by atoms with Gasteiger partial charge >= 0.3 is 12.3 Å². The second-order valence-corrected chi connectivity index (χ2v) is 6.94. The van der Waals surface area contributed by atoms with Crippen LogP contribution < -0.4 is 14.2 Å². The number of ether oxygens (including phenoxy) is 3. The number of alkyl halides is 3. The molecule has 0 saturated heterocycles. The Kier molecular flexibility index (Phi) is 6.39. The fraction of sp³-hybridized carbons (Fsp3) is 0.235. The molecular formula is C17H16F3NO6S. The Morgan fingerprint density at radius 2 is 1.75 bits per heavy atom. The Morgan fingerprint density at radius 1 is 1.11 bits per heavy atom. The molecule has 0 fully saturated rings. The molecule has 0 atom stereocenters. The zero-order chi connectivity index (χ0) is 20.9. The quantitative estimate of drug-likeness (QED) is 0.690. The van der Waals surface area contributed by atoms with Crippen LogP contribution in [0.25, 0.3) is 0 Å². The fourth-order valence-corrected chi connectivity index (χ4v) is 3.22. The van der Waals surface area contributed by atoms with Crippen LogP contribution in [0.15, 0.2) is 47.4 Å². The molecule has 0 spiro atoms. The molecule has 0 heterocycles. The summed E-state index contributed by atoms with van der Waals surface area (Å²) in [5, 5.41) is 0. The predicted molar refractivity (Wildman–Crippen MR) is 92.9 cm³/mol. The first-order chi connectivity index (χ1) is 13.1. The number of hydrogen-bond donors (Lipinski definition) is 1. The van der Waals surface area contributed by atoms with Crippen LogP contribution in [0.5, 0.6) is 11.5 Å². The van der Waals surface area contributed by atoms with Gasteiger partial charge in [0.2, 0.25) is 0 Å². The van der Waals surface area contributed by atoms with Gasteiger partial charge in [-0.3, -0.25) is 4.72 Å². The summed E-state index contributed by atoms with van der Waals surface area (Å²) in [7, 11) is -2.75. The number of carbonyl (C=O) groups excluding carboxylic acids is 1. The summed E-state index contributed by atoms with van der Waals surface area (Å²) in [6.07, 6.45) is -5.07. The van der Waals surface area contributed by atoms with Gasteiger partial charge in [0.15, 0.2) is 0 Å². The van der Waals surface area contributed by atoms with Crippen molar-refractivity contribution in [2.45, 2.75) is 18.2 Å². The van der Waals surface area contributed by atoms with E-state index in [9.17, 15) is 26.4 Å². The highest BCUT2D eigenvalue weighted by Gasteiger charge is 2.34. The van der Waals surface area contributed by atoms with Gasteiger partial charge in [-0.1, -0.05) is 0 Å².